The summed E-state index contributed by atoms with van der Waals surface area (Å²) in [6.07, 6.45) is 4.28. The predicted molar refractivity (Wildman–Crippen MR) is 183 cm³/mol. The summed E-state index contributed by atoms with van der Waals surface area (Å²) in [5.74, 6) is -0.741. The van der Waals surface area contributed by atoms with Gasteiger partial charge in [-0.15, -0.1) is 0 Å². The number of allylic oxidation sites excluding steroid dienone is 1. The van der Waals surface area contributed by atoms with Gasteiger partial charge in [0.2, 0.25) is 0 Å². The van der Waals surface area contributed by atoms with E-state index in [0.717, 1.165) is 28.1 Å². The lowest BCUT2D eigenvalue weighted by Crippen LogP contribution is -2.37. The Balaban J connectivity index is 1.48. The number of methoxy groups -OCH3 is 1. The van der Waals surface area contributed by atoms with Crippen molar-refractivity contribution in [3.05, 3.63) is 148 Å². The second-order valence-electron chi connectivity index (χ2n) is 12.9. The molecular weight excluding hydrogens is 572 g/mol. The van der Waals surface area contributed by atoms with Gasteiger partial charge in [-0.25, -0.2) is 4.79 Å². The number of rotatable bonds is 5. The second kappa shape index (κ2) is 12.6. The fraction of sp³-hybridized carbons (Fsp3) is 0.225. The van der Waals surface area contributed by atoms with Crippen LogP contribution in [0.25, 0.3) is 6.08 Å². The van der Waals surface area contributed by atoms with Crippen LogP contribution in [0.4, 0.5) is 11.4 Å². The van der Waals surface area contributed by atoms with Gasteiger partial charge < -0.3 is 10.1 Å². The third-order valence-electron chi connectivity index (χ3n) is 8.84. The van der Waals surface area contributed by atoms with Crippen LogP contribution in [0.15, 0.2) is 120 Å². The molecule has 6 rings (SSSR count). The van der Waals surface area contributed by atoms with E-state index in [1.165, 1.54) is 12.7 Å². The first-order chi connectivity index (χ1) is 22.1. The average molecular weight is 611 g/mol. The van der Waals surface area contributed by atoms with E-state index in [9.17, 15) is 14.4 Å². The van der Waals surface area contributed by atoms with Crippen LogP contribution in [0.3, 0.4) is 0 Å². The molecule has 6 heteroatoms. The van der Waals surface area contributed by atoms with Gasteiger partial charge >= 0.3 is 5.97 Å². The first-order valence-electron chi connectivity index (χ1n) is 15.6. The molecule has 1 N–H and O–H groups in total. The Labute approximate surface area is 270 Å². The van der Waals surface area contributed by atoms with E-state index < -0.39 is 12.0 Å². The van der Waals surface area contributed by atoms with Gasteiger partial charge in [-0.1, -0.05) is 99.6 Å². The summed E-state index contributed by atoms with van der Waals surface area (Å²) in [6, 6.07) is 32.2. The molecule has 0 radical (unpaired) electrons. The molecule has 0 bridgehead atoms. The number of carbonyl (C=O) groups is 3. The number of ether oxygens (including phenoxy) is 1. The van der Waals surface area contributed by atoms with Crippen LogP contribution in [0.5, 0.6) is 0 Å². The zero-order chi connectivity index (χ0) is 32.4. The molecule has 6 nitrogen and oxygen atoms in total. The first kappa shape index (κ1) is 30.8. The standard InChI is InChI=1S/C40H38N2O4/c1-40(2,3)31-21-19-27(20-22-31)30-24-33-37(35(43)25-30)38(28-15-17-29(18-16-28)39(45)46-4)42(34-13-9-8-12-32(34)41-33)36(44)23-14-26-10-6-5-7-11-26/h5-23,30,38,41H,24-25H2,1-4H3. The molecule has 1 aliphatic heterocycles. The topological polar surface area (TPSA) is 75.7 Å². The molecule has 0 spiro atoms. The molecule has 1 aliphatic carbocycles. The second-order valence-corrected chi connectivity index (χ2v) is 12.9. The van der Waals surface area contributed by atoms with Gasteiger partial charge in [0.1, 0.15) is 0 Å². The third-order valence-corrected chi connectivity index (χ3v) is 8.84. The lowest BCUT2D eigenvalue weighted by atomic mass is 9.77. The normalized spacial score (nSPS) is 18.0. The predicted octanol–water partition coefficient (Wildman–Crippen LogP) is 8.38. The Morgan fingerprint density at radius 1 is 0.826 bits per heavy atom. The summed E-state index contributed by atoms with van der Waals surface area (Å²) >= 11 is 0. The van der Waals surface area contributed by atoms with Crippen LogP contribution in [0.2, 0.25) is 0 Å². The number of hydrogen-bond acceptors (Lipinski definition) is 5. The highest BCUT2D eigenvalue weighted by Crippen LogP contribution is 2.47. The van der Waals surface area contributed by atoms with Gasteiger partial charge in [0.15, 0.2) is 5.78 Å². The highest BCUT2D eigenvalue weighted by Gasteiger charge is 2.41. The number of ketones is 1. The van der Waals surface area contributed by atoms with Crippen LogP contribution in [-0.2, 0) is 19.7 Å². The van der Waals surface area contributed by atoms with Crippen molar-refractivity contribution < 1.29 is 19.1 Å². The van der Waals surface area contributed by atoms with Crippen molar-refractivity contribution in [2.24, 2.45) is 0 Å². The van der Waals surface area contributed by atoms with Gasteiger partial charge in [-0.3, -0.25) is 14.5 Å². The number of Topliss-reactive ketones (excluding diaryl/α,β-unsaturated/α-hetero) is 1. The number of fused-ring (bicyclic) bond motifs is 1. The summed E-state index contributed by atoms with van der Waals surface area (Å²) in [5.41, 5.74) is 7.18. The van der Waals surface area contributed by atoms with E-state index in [1.807, 2.05) is 54.6 Å². The van der Waals surface area contributed by atoms with Crippen LogP contribution < -0.4 is 10.2 Å². The Bertz CT molecular complexity index is 1830. The summed E-state index contributed by atoms with van der Waals surface area (Å²) in [6.45, 7) is 6.57. The molecule has 4 aromatic rings. The Hall–Kier alpha value is -5.23. The highest BCUT2D eigenvalue weighted by atomic mass is 16.5. The molecule has 2 unspecified atom stereocenters. The molecule has 2 aliphatic rings. The maximum atomic E-state index is 14.4. The van der Waals surface area contributed by atoms with E-state index in [2.05, 4.69) is 50.4 Å². The minimum Gasteiger partial charge on any atom is -0.465 e. The number of carbonyl (C=O) groups excluding carboxylic acids is 3. The smallest absolute Gasteiger partial charge is 0.337 e. The van der Waals surface area contributed by atoms with Crippen LogP contribution >= 0.6 is 0 Å². The Morgan fingerprint density at radius 3 is 2.15 bits per heavy atom. The van der Waals surface area contributed by atoms with Crippen LogP contribution in [0.1, 0.15) is 78.2 Å². The van der Waals surface area contributed by atoms with Gasteiger partial charge in [0.05, 0.1) is 30.1 Å². The molecule has 0 aromatic heterocycles. The number of benzene rings is 4. The van der Waals surface area contributed by atoms with E-state index in [4.69, 9.17) is 4.74 Å². The molecule has 0 fully saturated rings. The number of amides is 1. The lowest BCUT2D eigenvalue weighted by molar-refractivity contribution is -0.116. The van der Waals surface area contributed by atoms with Crippen molar-refractivity contribution in [2.45, 2.75) is 51.0 Å². The summed E-state index contributed by atoms with van der Waals surface area (Å²) in [7, 11) is 1.34. The van der Waals surface area contributed by atoms with E-state index in [1.54, 1.807) is 41.3 Å². The number of nitrogens with one attached hydrogen (secondary N) is 1. The van der Waals surface area contributed by atoms with Crippen molar-refractivity contribution in [3.8, 4) is 0 Å². The maximum Gasteiger partial charge on any atom is 0.337 e. The molecule has 46 heavy (non-hydrogen) atoms. The SMILES string of the molecule is COC(=O)c1ccc(C2C3=C(CC(c4ccc(C(C)(C)C)cc4)CC3=O)Nc3ccccc3N2C(=O)C=Cc2ccccc2)cc1. The highest BCUT2D eigenvalue weighted by molar-refractivity contribution is 6.10. The maximum absolute atomic E-state index is 14.4. The molecule has 1 amide bonds. The fourth-order valence-electron chi connectivity index (χ4n) is 6.37. The quantitative estimate of drug-likeness (QED) is 0.181. The average Bonchev–Trinajstić information content (AvgIpc) is 3.22. The molecule has 0 saturated carbocycles. The number of nitrogens with zero attached hydrogens (tertiary/aromatic N) is 1. The number of hydrogen-bond donors (Lipinski definition) is 1. The van der Waals surface area contributed by atoms with Gasteiger partial charge in [-0.05, 0) is 70.3 Å². The molecule has 4 aromatic carbocycles. The first-order valence-corrected chi connectivity index (χ1v) is 15.6. The van der Waals surface area contributed by atoms with Gasteiger partial charge in [-0.2, -0.15) is 0 Å². The van der Waals surface area contributed by atoms with E-state index in [0.29, 0.717) is 29.7 Å². The number of anilines is 2. The summed E-state index contributed by atoms with van der Waals surface area (Å²) < 4.78 is 4.92. The zero-order valence-electron chi connectivity index (χ0n) is 26.6. The van der Waals surface area contributed by atoms with Crippen molar-refractivity contribution in [2.75, 3.05) is 17.3 Å². The summed E-state index contributed by atoms with van der Waals surface area (Å²) in [4.78, 5) is 42.6. The minimum atomic E-state index is -0.720. The van der Waals surface area contributed by atoms with E-state index in [-0.39, 0.29) is 23.0 Å². The van der Waals surface area contributed by atoms with Gasteiger partial charge in [0.25, 0.3) is 5.91 Å². The van der Waals surface area contributed by atoms with E-state index >= 15 is 0 Å². The van der Waals surface area contributed by atoms with Crippen molar-refractivity contribution in [1.29, 1.82) is 0 Å². The largest absolute Gasteiger partial charge is 0.465 e. The molecule has 2 atom stereocenters. The third kappa shape index (κ3) is 6.16. The number of para-hydroxylation sites is 2. The summed E-state index contributed by atoms with van der Waals surface area (Å²) in [5, 5.41) is 3.59. The Morgan fingerprint density at radius 2 is 1.48 bits per heavy atom. The molecule has 0 saturated heterocycles. The van der Waals surface area contributed by atoms with Crippen LogP contribution in [-0.4, -0.2) is 24.8 Å². The minimum absolute atomic E-state index is 0.0116. The lowest BCUT2D eigenvalue weighted by Gasteiger charge is -2.34. The monoisotopic (exact) mass is 610 g/mol. The van der Waals surface area contributed by atoms with Crippen molar-refractivity contribution in [1.82, 2.24) is 0 Å². The molecule has 232 valence electrons. The zero-order valence-corrected chi connectivity index (χ0v) is 26.6. The van der Waals surface area contributed by atoms with Crippen molar-refractivity contribution >= 4 is 35.1 Å². The Kier molecular flexibility index (Phi) is 8.46. The van der Waals surface area contributed by atoms with Crippen molar-refractivity contribution in [3.63, 3.8) is 0 Å². The molecule has 1 heterocycles. The van der Waals surface area contributed by atoms with Crippen LogP contribution in [0, 0.1) is 0 Å². The number of esters is 1. The fourth-order valence-corrected chi connectivity index (χ4v) is 6.37. The molecular formula is C40H38N2O4. The van der Waals surface area contributed by atoms with Gasteiger partial charge in [0, 0.05) is 23.8 Å².